The van der Waals surface area contributed by atoms with Crippen LogP contribution in [0, 0.1) is 6.92 Å². The first-order valence-electron chi connectivity index (χ1n) is 6.60. The molecule has 3 N–H and O–H groups in total. The van der Waals surface area contributed by atoms with E-state index in [2.05, 4.69) is 0 Å². The number of nitrogens with one attached hydrogen (secondary N) is 1. The van der Waals surface area contributed by atoms with Crippen molar-refractivity contribution in [1.29, 1.82) is 0 Å². The average Bonchev–Trinajstić information content (AvgIpc) is 2.87. The first kappa shape index (κ1) is 14.9. The minimum absolute atomic E-state index is 0.197. The van der Waals surface area contributed by atoms with E-state index >= 15 is 0 Å². The Balaban J connectivity index is 1.98. The van der Waals surface area contributed by atoms with Crippen LogP contribution in [0.1, 0.15) is 28.8 Å². The van der Waals surface area contributed by atoms with Gasteiger partial charge in [-0.2, -0.15) is 0 Å². The molecule has 6 nitrogen and oxygen atoms in total. The Labute approximate surface area is 122 Å². The SMILES string of the molecule is CCOc1ccc(OCc2cc(C)c(C(=O)NN)o2)cc1. The maximum Gasteiger partial charge on any atom is 0.301 e. The lowest BCUT2D eigenvalue weighted by atomic mass is 10.2. The number of rotatable bonds is 6. The van der Waals surface area contributed by atoms with E-state index in [-0.39, 0.29) is 12.4 Å². The number of amides is 1. The number of nitrogen functional groups attached to an aromatic ring is 1. The van der Waals surface area contributed by atoms with Crippen LogP contribution in [-0.2, 0) is 6.61 Å². The number of hydrazine groups is 1. The fourth-order valence-corrected chi connectivity index (χ4v) is 1.86. The van der Waals surface area contributed by atoms with Gasteiger partial charge in [-0.3, -0.25) is 10.2 Å². The lowest BCUT2D eigenvalue weighted by Crippen LogP contribution is -2.30. The fraction of sp³-hybridized carbons (Fsp3) is 0.267. The van der Waals surface area contributed by atoms with Gasteiger partial charge in [-0.1, -0.05) is 0 Å². The van der Waals surface area contributed by atoms with Crippen LogP contribution in [0.15, 0.2) is 34.7 Å². The molecular formula is C15H18N2O4. The molecule has 6 heteroatoms. The number of nitrogens with two attached hydrogens (primary N) is 1. The highest BCUT2D eigenvalue weighted by atomic mass is 16.5. The van der Waals surface area contributed by atoms with Gasteiger partial charge in [0.2, 0.25) is 0 Å². The van der Waals surface area contributed by atoms with Gasteiger partial charge >= 0.3 is 5.91 Å². The second-order valence-corrected chi connectivity index (χ2v) is 4.39. The fourth-order valence-electron chi connectivity index (χ4n) is 1.86. The minimum Gasteiger partial charge on any atom is -0.494 e. The Morgan fingerprint density at radius 1 is 1.24 bits per heavy atom. The molecule has 0 spiro atoms. The van der Waals surface area contributed by atoms with E-state index in [0.717, 1.165) is 5.75 Å². The van der Waals surface area contributed by atoms with Crippen molar-refractivity contribution in [3.05, 3.63) is 47.4 Å². The number of carbonyl (C=O) groups is 1. The average molecular weight is 290 g/mol. The van der Waals surface area contributed by atoms with Gasteiger partial charge in [0.25, 0.3) is 0 Å². The summed E-state index contributed by atoms with van der Waals surface area (Å²) in [5.41, 5.74) is 2.75. The molecule has 1 aromatic heterocycles. The van der Waals surface area contributed by atoms with Crippen LogP contribution in [0.5, 0.6) is 11.5 Å². The molecule has 21 heavy (non-hydrogen) atoms. The zero-order chi connectivity index (χ0) is 15.2. The maximum atomic E-state index is 11.4. The molecule has 0 bridgehead atoms. The van der Waals surface area contributed by atoms with Gasteiger partial charge in [-0.15, -0.1) is 0 Å². The summed E-state index contributed by atoms with van der Waals surface area (Å²) in [6, 6.07) is 9.04. The highest BCUT2D eigenvalue weighted by Crippen LogP contribution is 2.20. The Morgan fingerprint density at radius 2 is 1.86 bits per heavy atom. The molecular weight excluding hydrogens is 272 g/mol. The van der Waals surface area contributed by atoms with Crippen LogP contribution in [0.25, 0.3) is 0 Å². The summed E-state index contributed by atoms with van der Waals surface area (Å²) in [7, 11) is 0. The molecule has 1 aromatic carbocycles. The monoisotopic (exact) mass is 290 g/mol. The molecule has 0 radical (unpaired) electrons. The van der Waals surface area contributed by atoms with Crippen molar-refractivity contribution in [3.63, 3.8) is 0 Å². The largest absolute Gasteiger partial charge is 0.494 e. The van der Waals surface area contributed by atoms with Crippen molar-refractivity contribution in [3.8, 4) is 11.5 Å². The number of carbonyl (C=O) groups excluding carboxylic acids is 1. The summed E-state index contributed by atoms with van der Waals surface area (Å²) in [4.78, 5) is 11.4. The summed E-state index contributed by atoms with van der Waals surface area (Å²) in [6.45, 7) is 4.55. The Morgan fingerprint density at radius 3 is 2.43 bits per heavy atom. The van der Waals surface area contributed by atoms with Crippen molar-refractivity contribution >= 4 is 5.91 Å². The molecule has 0 fully saturated rings. The predicted octanol–water partition coefficient (Wildman–Crippen LogP) is 2.17. The summed E-state index contributed by atoms with van der Waals surface area (Å²) in [5, 5.41) is 0. The quantitative estimate of drug-likeness (QED) is 0.483. The van der Waals surface area contributed by atoms with E-state index < -0.39 is 5.91 Å². The van der Waals surface area contributed by atoms with Crippen molar-refractivity contribution < 1.29 is 18.7 Å². The van der Waals surface area contributed by atoms with Gasteiger partial charge in [0.1, 0.15) is 23.9 Å². The number of ether oxygens (including phenoxy) is 2. The highest BCUT2D eigenvalue weighted by molar-refractivity contribution is 5.92. The minimum atomic E-state index is -0.459. The molecule has 0 saturated carbocycles. The van der Waals surface area contributed by atoms with E-state index in [1.54, 1.807) is 13.0 Å². The predicted molar refractivity (Wildman–Crippen MR) is 77.0 cm³/mol. The highest BCUT2D eigenvalue weighted by Gasteiger charge is 2.14. The van der Waals surface area contributed by atoms with Crippen LogP contribution >= 0.6 is 0 Å². The topological polar surface area (TPSA) is 86.7 Å². The smallest absolute Gasteiger partial charge is 0.301 e. The molecule has 2 rings (SSSR count). The number of hydrogen-bond donors (Lipinski definition) is 2. The van der Waals surface area contributed by atoms with Crippen LogP contribution in [-0.4, -0.2) is 12.5 Å². The van der Waals surface area contributed by atoms with Crippen LogP contribution < -0.4 is 20.7 Å². The van der Waals surface area contributed by atoms with Gasteiger partial charge in [-0.25, -0.2) is 5.84 Å². The molecule has 1 amide bonds. The molecule has 0 aliphatic heterocycles. The number of benzene rings is 1. The lowest BCUT2D eigenvalue weighted by molar-refractivity contribution is 0.0921. The van der Waals surface area contributed by atoms with E-state index in [1.807, 2.05) is 36.6 Å². The zero-order valence-electron chi connectivity index (χ0n) is 12.0. The van der Waals surface area contributed by atoms with E-state index in [0.29, 0.717) is 23.7 Å². The van der Waals surface area contributed by atoms with Gasteiger partial charge in [0, 0.05) is 5.56 Å². The molecule has 0 saturated heterocycles. The standard InChI is InChI=1S/C15H18N2O4/c1-3-19-11-4-6-12(7-5-11)20-9-13-8-10(2)14(21-13)15(18)17-16/h4-8H,3,9,16H2,1-2H3,(H,17,18). The van der Waals surface area contributed by atoms with Gasteiger partial charge in [0.15, 0.2) is 5.76 Å². The zero-order valence-corrected chi connectivity index (χ0v) is 12.0. The summed E-state index contributed by atoms with van der Waals surface area (Å²) >= 11 is 0. The van der Waals surface area contributed by atoms with E-state index in [9.17, 15) is 4.79 Å². The molecule has 0 aliphatic rings. The molecule has 112 valence electrons. The first-order valence-corrected chi connectivity index (χ1v) is 6.60. The second-order valence-electron chi connectivity index (χ2n) is 4.39. The number of aryl methyl sites for hydroxylation is 1. The maximum absolute atomic E-state index is 11.4. The summed E-state index contributed by atoms with van der Waals surface area (Å²) in [6.07, 6.45) is 0. The van der Waals surface area contributed by atoms with Crippen molar-refractivity contribution in [2.45, 2.75) is 20.5 Å². The Bertz CT molecular complexity index is 605. The Hall–Kier alpha value is -2.47. The van der Waals surface area contributed by atoms with Gasteiger partial charge in [-0.05, 0) is 44.2 Å². The van der Waals surface area contributed by atoms with Gasteiger partial charge in [0.05, 0.1) is 6.61 Å². The molecule has 1 heterocycles. The third kappa shape index (κ3) is 3.76. The molecule has 0 atom stereocenters. The molecule has 2 aromatic rings. The number of furan rings is 1. The third-order valence-corrected chi connectivity index (χ3v) is 2.82. The van der Waals surface area contributed by atoms with Crippen molar-refractivity contribution in [2.75, 3.05) is 6.61 Å². The lowest BCUT2D eigenvalue weighted by Gasteiger charge is -2.06. The second kappa shape index (κ2) is 6.81. The third-order valence-electron chi connectivity index (χ3n) is 2.82. The normalized spacial score (nSPS) is 10.2. The van der Waals surface area contributed by atoms with Crippen LogP contribution in [0.2, 0.25) is 0 Å². The van der Waals surface area contributed by atoms with Gasteiger partial charge < -0.3 is 13.9 Å². The number of hydrogen-bond acceptors (Lipinski definition) is 5. The van der Waals surface area contributed by atoms with E-state index in [4.69, 9.17) is 19.7 Å². The first-order chi connectivity index (χ1) is 10.1. The Kier molecular flexibility index (Phi) is 4.84. The molecule has 0 unspecified atom stereocenters. The molecule has 0 aliphatic carbocycles. The van der Waals surface area contributed by atoms with Crippen LogP contribution in [0.4, 0.5) is 0 Å². The van der Waals surface area contributed by atoms with Crippen LogP contribution in [0.3, 0.4) is 0 Å². The summed E-state index contributed by atoms with van der Waals surface area (Å²) in [5.74, 6) is 6.86. The van der Waals surface area contributed by atoms with Crippen molar-refractivity contribution in [1.82, 2.24) is 5.43 Å². The van der Waals surface area contributed by atoms with E-state index in [1.165, 1.54) is 0 Å². The summed E-state index contributed by atoms with van der Waals surface area (Å²) < 4.78 is 16.4. The van der Waals surface area contributed by atoms with Crippen molar-refractivity contribution in [2.24, 2.45) is 5.84 Å².